The lowest BCUT2D eigenvalue weighted by atomic mass is 10.2. The average molecular weight is 404 g/mol. The molecule has 0 unspecified atom stereocenters. The molecule has 0 aliphatic carbocycles. The van der Waals surface area contributed by atoms with Gasteiger partial charge in [-0.05, 0) is 45.2 Å². The van der Waals surface area contributed by atoms with E-state index in [-0.39, 0.29) is 10.8 Å². The largest absolute Gasteiger partial charge is 0.350 e. The van der Waals surface area contributed by atoms with Crippen LogP contribution in [0, 0.1) is 20.8 Å². The van der Waals surface area contributed by atoms with E-state index in [1.165, 1.54) is 0 Å². The quantitative estimate of drug-likeness (QED) is 0.845. The predicted molar refractivity (Wildman–Crippen MR) is 111 cm³/mol. The number of hydrogen-bond donors (Lipinski definition) is 1. The predicted octanol–water partition coefficient (Wildman–Crippen LogP) is 3.77. The third kappa shape index (κ3) is 3.81. The van der Waals surface area contributed by atoms with Crippen LogP contribution in [-0.2, 0) is 17.1 Å². The normalized spacial score (nSPS) is 15.4. The smallest absolute Gasteiger partial charge is 0.264 e. The Morgan fingerprint density at radius 3 is 2.18 bits per heavy atom. The summed E-state index contributed by atoms with van der Waals surface area (Å²) in [6.07, 6.45) is 4.13. The van der Waals surface area contributed by atoms with Crippen LogP contribution in [0.15, 0.2) is 29.2 Å². The fourth-order valence-corrected chi connectivity index (χ4v) is 5.46. The second-order valence-corrected chi connectivity index (χ2v) is 9.18. The molecular formula is C21H29N3O3S. The van der Waals surface area contributed by atoms with E-state index in [0.717, 1.165) is 31.2 Å². The molecule has 1 saturated heterocycles. The summed E-state index contributed by atoms with van der Waals surface area (Å²) in [4.78, 5) is 15.2. The van der Waals surface area contributed by atoms with Gasteiger partial charge in [0.1, 0.15) is 4.90 Å². The van der Waals surface area contributed by atoms with Gasteiger partial charge in [-0.3, -0.25) is 9.52 Å². The summed E-state index contributed by atoms with van der Waals surface area (Å²) >= 11 is 0. The van der Waals surface area contributed by atoms with Crippen molar-refractivity contribution in [2.24, 2.45) is 7.05 Å². The number of nitrogens with zero attached hydrogens (tertiary/aromatic N) is 2. The van der Waals surface area contributed by atoms with Gasteiger partial charge in [-0.25, -0.2) is 8.42 Å². The second-order valence-electron chi connectivity index (χ2n) is 7.56. The number of amides is 1. The first-order valence-electron chi connectivity index (χ1n) is 9.77. The molecule has 6 nitrogen and oxygen atoms in total. The van der Waals surface area contributed by atoms with E-state index >= 15 is 0 Å². The Bertz CT molecular complexity index is 985. The van der Waals surface area contributed by atoms with Gasteiger partial charge in [0.25, 0.3) is 15.9 Å². The molecule has 1 aliphatic heterocycles. The van der Waals surface area contributed by atoms with Crippen LogP contribution < -0.4 is 4.72 Å². The Kier molecular flexibility index (Phi) is 5.84. The van der Waals surface area contributed by atoms with Crippen molar-refractivity contribution >= 4 is 21.6 Å². The summed E-state index contributed by atoms with van der Waals surface area (Å²) in [5.74, 6) is -0.187. The number of sulfonamides is 1. The van der Waals surface area contributed by atoms with Crippen LogP contribution in [0.5, 0.6) is 0 Å². The van der Waals surface area contributed by atoms with Crippen molar-refractivity contribution < 1.29 is 13.2 Å². The van der Waals surface area contributed by atoms with Gasteiger partial charge >= 0.3 is 0 Å². The second kappa shape index (κ2) is 7.99. The van der Waals surface area contributed by atoms with E-state index in [1.807, 2.05) is 30.9 Å². The molecule has 1 N–H and O–H groups in total. The Morgan fingerprint density at radius 2 is 1.57 bits per heavy atom. The number of carbonyl (C=O) groups is 1. The van der Waals surface area contributed by atoms with Crippen LogP contribution in [-0.4, -0.2) is 36.9 Å². The Balaban J connectivity index is 2.07. The fraction of sp³-hybridized carbons (Fsp3) is 0.476. The Labute approximate surface area is 167 Å². The molecule has 28 heavy (non-hydrogen) atoms. The fourth-order valence-electron chi connectivity index (χ4n) is 3.81. The summed E-state index contributed by atoms with van der Waals surface area (Å²) in [5, 5.41) is 0. The van der Waals surface area contributed by atoms with Crippen molar-refractivity contribution in [3.63, 3.8) is 0 Å². The summed E-state index contributed by atoms with van der Waals surface area (Å²) in [7, 11) is -2.11. The lowest BCUT2D eigenvalue weighted by Gasteiger charge is -2.21. The molecule has 1 aliphatic rings. The van der Waals surface area contributed by atoms with E-state index in [2.05, 4.69) is 4.72 Å². The molecule has 1 fully saturated rings. The summed E-state index contributed by atoms with van der Waals surface area (Å²) in [6, 6.07) is 7.23. The zero-order chi connectivity index (χ0) is 20.5. The third-order valence-electron chi connectivity index (χ3n) is 5.69. The zero-order valence-electron chi connectivity index (χ0n) is 17.1. The van der Waals surface area contributed by atoms with Crippen molar-refractivity contribution in [3.05, 3.63) is 46.8 Å². The van der Waals surface area contributed by atoms with Crippen molar-refractivity contribution in [1.82, 2.24) is 9.47 Å². The van der Waals surface area contributed by atoms with Gasteiger partial charge in [-0.2, -0.15) is 0 Å². The SMILES string of the molecule is Cc1ccccc1NS(=O)(=O)c1c(C(=O)N2CCCCCC2)c(C)n(C)c1C. The highest BCUT2D eigenvalue weighted by Crippen LogP contribution is 2.30. The van der Waals surface area contributed by atoms with E-state index in [9.17, 15) is 13.2 Å². The summed E-state index contributed by atoms with van der Waals surface area (Å²) in [6.45, 7) is 6.77. The minimum Gasteiger partial charge on any atom is -0.350 e. The number of carbonyl (C=O) groups excluding carboxylic acids is 1. The molecule has 7 heteroatoms. The molecule has 1 amide bonds. The zero-order valence-corrected chi connectivity index (χ0v) is 17.9. The van der Waals surface area contributed by atoms with Crippen LogP contribution in [0.4, 0.5) is 5.69 Å². The van der Waals surface area contributed by atoms with Crippen LogP contribution in [0.2, 0.25) is 0 Å². The monoisotopic (exact) mass is 403 g/mol. The van der Waals surface area contributed by atoms with Crippen LogP contribution in [0.1, 0.15) is 53.0 Å². The molecular weight excluding hydrogens is 374 g/mol. The molecule has 0 bridgehead atoms. The number of aromatic nitrogens is 1. The molecule has 2 heterocycles. The molecule has 0 saturated carbocycles. The van der Waals surface area contributed by atoms with Crippen molar-refractivity contribution in [2.45, 2.75) is 51.3 Å². The number of hydrogen-bond acceptors (Lipinski definition) is 3. The van der Waals surface area contributed by atoms with Gasteiger partial charge in [0.15, 0.2) is 0 Å². The number of nitrogens with one attached hydrogen (secondary N) is 1. The van der Waals surface area contributed by atoms with Crippen molar-refractivity contribution in [1.29, 1.82) is 0 Å². The highest BCUT2D eigenvalue weighted by Gasteiger charge is 2.33. The van der Waals surface area contributed by atoms with Gasteiger partial charge in [0.05, 0.1) is 11.3 Å². The maximum atomic E-state index is 13.3. The maximum Gasteiger partial charge on any atom is 0.264 e. The summed E-state index contributed by atoms with van der Waals surface area (Å²) < 4.78 is 31.1. The number of likely N-dealkylation sites (tertiary alicyclic amines) is 1. The van der Waals surface area contributed by atoms with E-state index in [0.29, 0.717) is 35.7 Å². The first-order chi connectivity index (χ1) is 13.2. The summed E-state index contributed by atoms with van der Waals surface area (Å²) in [5.41, 5.74) is 2.89. The van der Waals surface area contributed by atoms with Gasteiger partial charge in [0.2, 0.25) is 0 Å². The van der Waals surface area contributed by atoms with Crippen LogP contribution in [0.25, 0.3) is 0 Å². The molecule has 2 aromatic rings. The van der Waals surface area contributed by atoms with Gasteiger partial charge < -0.3 is 9.47 Å². The van der Waals surface area contributed by atoms with E-state index in [4.69, 9.17) is 0 Å². The van der Waals surface area contributed by atoms with Gasteiger partial charge in [-0.1, -0.05) is 31.0 Å². The van der Waals surface area contributed by atoms with E-state index < -0.39 is 10.0 Å². The highest BCUT2D eigenvalue weighted by molar-refractivity contribution is 7.92. The number of anilines is 1. The van der Waals surface area contributed by atoms with Crippen molar-refractivity contribution in [2.75, 3.05) is 17.8 Å². The Hall–Kier alpha value is -2.28. The standard InChI is InChI=1S/C21H29N3O3S/c1-15-11-7-8-12-18(15)22-28(26,27)20-17(3)23(4)16(2)19(20)21(25)24-13-9-5-6-10-14-24/h7-8,11-12,22H,5-6,9-10,13-14H2,1-4H3. The molecule has 152 valence electrons. The van der Waals surface area contributed by atoms with Gasteiger partial charge in [-0.15, -0.1) is 0 Å². The van der Waals surface area contributed by atoms with E-state index in [1.54, 1.807) is 30.7 Å². The molecule has 0 spiro atoms. The molecule has 1 aromatic carbocycles. The number of benzene rings is 1. The number of para-hydroxylation sites is 1. The minimum atomic E-state index is -3.91. The maximum absolute atomic E-state index is 13.3. The molecule has 1 aromatic heterocycles. The highest BCUT2D eigenvalue weighted by atomic mass is 32.2. The molecule has 0 atom stereocenters. The first kappa shape index (κ1) is 20.5. The Morgan fingerprint density at radius 1 is 0.964 bits per heavy atom. The topological polar surface area (TPSA) is 71.4 Å². The molecule has 3 rings (SSSR count). The minimum absolute atomic E-state index is 0.0880. The number of rotatable bonds is 4. The lowest BCUT2D eigenvalue weighted by Crippen LogP contribution is -2.33. The van der Waals surface area contributed by atoms with Crippen LogP contribution >= 0.6 is 0 Å². The number of aryl methyl sites for hydroxylation is 1. The molecule has 0 radical (unpaired) electrons. The van der Waals surface area contributed by atoms with Gasteiger partial charge in [0, 0.05) is 31.5 Å². The lowest BCUT2D eigenvalue weighted by molar-refractivity contribution is 0.0757. The average Bonchev–Trinajstić information content (AvgIpc) is 2.86. The third-order valence-corrected chi connectivity index (χ3v) is 7.21. The first-order valence-corrected chi connectivity index (χ1v) is 11.3. The van der Waals surface area contributed by atoms with Crippen molar-refractivity contribution in [3.8, 4) is 0 Å². The van der Waals surface area contributed by atoms with Crippen LogP contribution in [0.3, 0.4) is 0 Å².